The van der Waals surface area contributed by atoms with Crippen molar-refractivity contribution in [2.24, 2.45) is 23.7 Å². The molecule has 0 aromatic heterocycles. The van der Waals surface area contributed by atoms with E-state index in [2.05, 4.69) is 6.92 Å². The van der Waals surface area contributed by atoms with Crippen LogP contribution >= 0.6 is 0 Å². The van der Waals surface area contributed by atoms with Gasteiger partial charge in [-0.25, -0.2) is 9.78 Å². The molecule has 0 radical (unpaired) electrons. The molecular formula is C18H25F3O5. The van der Waals surface area contributed by atoms with E-state index in [1.165, 1.54) is 0 Å². The third kappa shape index (κ3) is 2.85. The lowest BCUT2D eigenvalue weighted by atomic mass is 9.57. The summed E-state index contributed by atoms with van der Waals surface area (Å²) in [4.78, 5) is 24.1. The smallest absolute Gasteiger partial charge is 0.389 e. The second-order valence-electron chi connectivity index (χ2n) is 8.46. The van der Waals surface area contributed by atoms with Gasteiger partial charge in [0, 0.05) is 24.7 Å². The van der Waals surface area contributed by atoms with Crippen LogP contribution in [-0.2, 0) is 24.0 Å². The van der Waals surface area contributed by atoms with Crippen LogP contribution in [0.2, 0.25) is 0 Å². The fourth-order valence-electron chi connectivity index (χ4n) is 5.46. The predicted octanol–water partition coefficient (Wildman–Crippen LogP) is 4.11. The Balaban J connectivity index is 1.63. The molecular weight excluding hydrogens is 353 g/mol. The van der Waals surface area contributed by atoms with Crippen molar-refractivity contribution in [3.05, 3.63) is 0 Å². The number of esters is 1. The van der Waals surface area contributed by atoms with E-state index < -0.39 is 42.2 Å². The Hall–Kier alpha value is -0.860. The van der Waals surface area contributed by atoms with Gasteiger partial charge in [0.15, 0.2) is 5.60 Å². The summed E-state index contributed by atoms with van der Waals surface area (Å²) in [5.41, 5.74) is -0.912. The van der Waals surface area contributed by atoms with Crippen molar-refractivity contribution < 1.29 is 37.2 Å². The fraction of sp³-hybridized carbons (Fsp3) is 0.944. The van der Waals surface area contributed by atoms with E-state index in [1.54, 1.807) is 6.92 Å². The summed E-state index contributed by atoms with van der Waals surface area (Å²) in [5, 5.41) is 0. The van der Waals surface area contributed by atoms with Crippen LogP contribution < -0.4 is 0 Å². The third-order valence-electron chi connectivity index (χ3n) is 6.76. The lowest BCUT2D eigenvalue weighted by molar-refractivity contribution is -0.559. The van der Waals surface area contributed by atoms with Crippen LogP contribution in [-0.4, -0.2) is 29.8 Å². The molecule has 1 spiro atoms. The highest BCUT2D eigenvalue weighted by atomic mass is 19.4. The molecule has 0 aromatic carbocycles. The molecule has 148 valence electrons. The van der Waals surface area contributed by atoms with Crippen molar-refractivity contribution in [1.29, 1.82) is 0 Å². The zero-order valence-electron chi connectivity index (χ0n) is 15.0. The van der Waals surface area contributed by atoms with Crippen molar-refractivity contribution in [2.75, 3.05) is 0 Å². The zero-order chi connectivity index (χ0) is 18.7. The minimum absolute atomic E-state index is 0.0915. The Morgan fingerprint density at radius 3 is 2.65 bits per heavy atom. The van der Waals surface area contributed by atoms with E-state index in [-0.39, 0.29) is 24.7 Å². The van der Waals surface area contributed by atoms with E-state index in [0.717, 1.165) is 12.8 Å². The van der Waals surface area contributed by atoms with Crippen LogP contribution in [0.3, 0.4) is 0 Å². The first-order valence-corrected chi connectivity index (χ1v) is 9.46. The minimum Gasteiger partial charge on any atom is -0.432 e. The summed E-state index contributed by atoms with van der Waals surface area (Å²) in [6.07, 6.45) is -2.88. The van der Waals surface area contributed by atoms with Gasteiger partial charge in [0.2, 0.25) is 12.1 Å². The van der Waals surface area contributed by atoms with Crippen LogP contribution in [0.1, 0.15) is 58.8 Å². The standard InChI is InChI=1S/C18H25F3O5/c1-10-5-6-13-11(4-3-8-17(19,20)21)14(22)23-15-18(13)12(10)7-9-16(2,24-15)25-26-18/h10-13,15H,3-9H2,1-2H3/t10-,11+,12+,13+,15?,16-,18-/m1/s1. The van der Waals surface area contributed by atoms with Gasteiger partial charge >= 0.3 is 12.1 Å². The van der Waals surface area contributed by atoms with Crippen molar-refractivity contribution in [2.45, 2.75) is 82.6 Å². The Kier molecular flexibility index (Phi) is 4.32. The van der Waals surface area contributed by atoms with Crippen molar-refractivity contribution in [3.63, 3.8) is 0 Å². The molecule has 4 saturated heterocycles. The van der Waals surface area contributed by atoms with Gasteiger partial charge in [-0.15, -0.1) is 0 Å². The first-order chi connectivity index (χ1) is 12.1. The second kappa shape index (κ2) is 6.07. The van der Waals surface area contributed by atoms with Crippen LogP contribution in [0.5, 0.6) is 0 Å². The topological polar surface area (TPSA) is 54.0 Å². The molecule has 1 aliphatic carbocycles. The normalized spacial score (nSPS) is 47.9. The Bertz CT molecular complexity index is 582. The molecule has 1 saturated carbocycles. The summed E-state index contributed by atoms with van der Waals surface area (Å²) < 4.78 is 49.2. The Morgan fingerprint density at radius 2 is 1.92 bits per heavy atom. The van der Waals surface area contributed by atoms with Crippen molar-refractivity contribution in [1.82, 2.24) is 0 Å². The number of alkyl halides is 3. The Labute approximate surface area is 150 Å². The van der Waals surface area contributed by atoms with Crippen LogP contribution in [0, 0.1) is 23.7 Å². The predicted molar refractivity (Wildman–Crippen MR) is 82.3 cm³/mol. The summed E-state index contributed by atoms with van der Waals surface area (Å²) in [5.74, 6) is -1.85. The molecule has 4 heterocycles. The first kappa shape index (κ1) is 18.5. The highest BCUT2D eigenvalue weighted by Crippen LogP contribution is 2.60. The minimum atomic E-state index is -4.22. The van der Waals surface area contributed by atoms with Crippen molar-refractivity contribution in [3.8, 4) is 0 Å². The molecule has 0 amide bonds. The lowest BCUT2D eigenvalue weighted by Crippen LogP contribution is -2.70. The molecule has 7 atom stereocenters. The molecule has 26 heavy (non-hydrogen) atoms. The van der Waals surface area contributed by atoms with Crippen LogP contribution in [0.25, 0.3) is 0 Å². The number of carbonyl (C=O) groups excluding carboxylic acids is 1. The van der Waals surface area contributed by atoms with Gasteiger partial charge in [-0.2, -0.15) is 13.2 Å². The molecule has 1 unspecified atom stereocenters. The van der Waals surface area contributed by atoms with E-state index in [9.17, 15) is 18.0 Å². The second-order valence-corrected chi connectivity index (χ2v) is 8.46. The van der Waals surface area contributed by atoms with Gasteiger partial charge in [-0.3, -0.25) is 4.79 Å². The number of ether oxygens (including phenoxy) is 2. The van der Waals surface area contributed by atoms with Gasteiger partial charge in [0.1, 0.15) is 0 Å². The van der Waals surface area contributed by atoms with Crippen LogP contribution in [0.15, 0.2) is 0 Å². The third-order valence-corrected chi connectivity index (χ3v) is 6.76. The molecule has 2 bridgehead atoms. The average molecular weight is 378 g/mol. The fourth-order valence-corrected chi connectivity index (χ4v) is 5.46. The van der Waals surface area contributed by atoms with Crippen LogP contribution in [0.4, 0.5) is 13.2 Å². The molecule has 5 aliphatic rings. The first-order valence-electron chi connectivity index (χ1n) is 9.46. The molecule has 0 N–H and O–H groups in total. The maximum absolute atomic E-state index is 12.6. The lowest BCUT2D eigenvalue weighted by Gasteiger charge is -2.58. The van der Waals surface area contributed by atoms with E-state index in [0.29, 0.717) is 18.8 Å². The number of fused-ring (bicyclic) bond motifs is 2. The summed E-state index contributed by atoms with van der Waals surface area (Å²) in [6.45, 7) is 3.91. The van der Waals surface area contributed by atoms with E-state index in [1.807, 2.05) is 0 Å². The van der Waals surface area contributed by atoms with E-state index >= 15 is 0 Å². The number of rotatable bonds is 3. The summed E-state index contributed by atoms with van der Waals surface area (Å²) >= 11 is 0. The quantitative estimate of drug-likeness (QED) is 0.547. The molecule has 5 rings (SSSR count). The summed E-state index contributed by atoms with van der Waals surface area (Å²) in [6, 6.07) is 0. The number of hydrogen-bond donors (Lipinski definition) is 0. The maximum atomic E-state index is 12.6. The van der Waals surface area contributed by atoms with Gasteiger partial charge in [-0.1, -0.05) is 6.92 Å². The highest BCUT2D eigenvalue weighted by Gasteiger charge is 2.70. The highest BCUT2D eigenvalue weighted by molar-refractivity contribution is 5.74. The molecule has 8 heteroatoms. The number of hydrogen-bond acceptors (Lipinski definition) is 5. The summed E-state index contributed by atoms with van der Waals surface area (Å²) in [7, 11) is 0. The Morgan fingerprint density at radius 1 is 1.15 bits per heavy atom. The molecule has 5 nitrogen and oxygen atoms in total. The largest absolute Gasteiger partial charge is 0.432 e. The monoisotopic (exact) mass is 378 g/mol. The zero-order valence-corrected chi connectivity index (χ0v) is 15.0. The van der Waals surface area contributed by atoms with Gasteiger partial charge in [0.05, 0.1) is 5.92 Å². The molecule has 0 aromatic rings. The molecule has 5 fully saturated rings. The average Bonchev–Trinajstić information content (AvgIpc) is 2.76. The van der Waals surface area contributed by atoms with Crippen molar-refractivity contribution >= 4 is 5.97 Å². The maximum Gasteiger partial charge on any atom is 0.389 e. The molecule has 4 aliphatic heterocycles. The van der Waals surface area contributed by atoms with Gasteiger partial charge in [-0.05, 0) is 44.9 Å². The van der Waals surface area contributed by atoms with Gasteiger partial charge in [0.25, 0.3) is 0 Å². The number of carbonyl (C=O) groups is 1. The number of halogens is 3. The van der Waals surface area contributed by atoms with E-state index in [4.69, 9.17) is 19.2 Å². The SMILES string of the molecule is C[C@@H]1CC[C@H]2[C@H](CCCC(F)(F)F)C(=O)OC3O[C@@]4(C)CC[C@@H]1[C@]32OO4. The van der Waals surface area contributed by atoms with Gasteiger partial charge < -0.3 is 9.47 Å².